The number of anilines is 1. The van der Waals surface area contributed by atoms with E-state index in [4.69, 9.17) is 9.97 Å². The fourth-order valence-electron chi connectivity index (χ4n) is 4.82. The van der Waals surface area contributed by atoms with E-state index in [0.29, 0.717) is 18.4 Å². The summed E-state index contributed by atoms with van der Waals surface area (Å²) in [5.74, 6) is 2.91. The van der Waals surface area contributed by atoms with Crippen LogP contribution in [0.2, 0.25) is 0 Å². The number of carbonyl (C=O) groups excluding carboxylic acids is 1. The van der Waals surface area contributed by atoms with Gasteiger partial charge in [-0.2, -0.15) is 0 Å². The van der Waals surface area contributed by atoms with E-state index in [0.717, 1.165) is 55.3 Å². The molecule has 4 rings (SSSR count). The van der Waals surface area contributed by atoms with Crippen LogP contribution in [-0.4, -0.2) is 59.4 Å². The molecule has 1 unspecified atom stereocenters. The average Bonchev–Trinajstić information content (AvgIpc) is 3.21. The maximum atomic E-state index is 12.8. The second kappa shape index (κ2) is 7.51. The van der Waals surface area contributed by atoms with Gasteiger partial charge in [0.2, 0.25) is 5.91 Å². The second-order valence-corrected chi connectivity index (χ2v) is 8.20. The van der Waals surface area contributed by atoms with Gasteiger partial charge in [0, 0.05) is 44.0 Å². The minimum atomic E-state index is 0.243. The van der Waals surface area contributed by atoms with E-state index in [1.807, 2.05) is 11.9 Å². The van der Waals surface area contributed by atoms with Gasteiger partial charge in [0.25, 0.3) is 0 Å². The summed E-state index contributed by atoms with van der Waals surface area (Å²) in [5.41, 5.74) is 2.26. The molecule has 142 valence electrons. The van der Waals surface area contributed by atoms with Crippen molar-refractivity contribution in [2.24, 2.45) is 5.92 Å². The van der Waals surface area contributed by atoms with E-state index in [-0.39, 0.29) is 5.92 Å². The molecule has 1 aromatic rings. The van der Waals surface area contributed by atoms with Crippen molar-refractivity contribution >= 4 is 11.7 Å². The molecular weight excluding hydrogens is 326 g/mol. The van der Waals surface area contributed by atoms with Crippen LogP contribution in [0.5, 0.6) is 0 Å². The number of likely N-dealkylation sites (N-methyl/N-ethyl adjacent to an activating group) is 1. The van der Waals surface area contributed by atoms with Gasteiger partial charge in [0.1, 0.15) is 11.6 Å². The summed E-state index contributed by atoms with van der Waals surface area (Å²) in [6.45, 7) is 3.66. The zero-order chi connectivity index (χ0) is 18.1. The Labute approximate surface area is 156 Å². The molecule has 1 N–H and O–H groups in total. The molecule has 3 aliphatic rings. The molecule has 1 amide bonds. The molecule has 6 heteroatoms. The number of hydrogen-bond donors (Lipinski definition) is 1. The number of amides is 1. The molecule has 0 radical (unpaired) electrons. The van der Waals surface area contributed by atoms with Crippen molar-refractivity contribution in [3.63, 3.8) is 0 Å². The SMILES string of the molecule is CNc1nc(C2CCCN(C)C2)nc2c1CN(C(=O)C1CCCC1)CC2. The summed E-state index contributed by atoms with van der Waals surface area (Å²) in [6, 6.07) is 0. The van der Waals surface area contributed by atoms with Crippen molar-refractivity contribution in [2.75, 3.05) is 39.0 Å². The summed E-state index contributed by atoms with van der Waals surface area (Å²) in [6.07, 6.45) is 7.74. The van der Waals surface area contributed by atoms with Gasteiger partial charge in [-0.05, 0) is 39.3 Å². The fraction of sp³-hybridized carbons (Fsp3) is 0.750. The van der Waals surface area contributed by atoms with Crippen molar-refractivity contribution in [3.8, 4) is 0 Å². The van der Waals surface area contributed by atoms with Gasteiger partial charge in [-0.3, -0.25) is 4.79 Å². The highest BCUT2D eigenvalue weighted by Crippen LogP contribution is 2.32. The monoisotopic (exact) mass is 357 g/mol. The van der Waals surface area contributed by atoms with Crippen molar-refractivity contribution in [1.29, 1.82) is 0 Å². The van der Waals surface area contributed by atoms with Gasteiger partial charge < -0.3 is 15.1 Å². The normalized spacial score (nSPS) is 24.5. The number of rotatable bonds is 3. The van der Waals surface area contributed by atoms with Gasteiger partial charge in [0.05, 0.1) is 12.2 Å². The van der Waals surface area contributed by atoms with Crippen LogP contribution in [0.25, 0.3) is 0 Å². The van der Waals surface area contributed by atoms with Crippen LogP contribution in [0.4, 0.5) is 5.82 Å². The molecule has 1 aromatic heterocycles. The minimum Gasteiger partial charge on any atom is -0.373 e. The number of carbonyl (C=O) groups is 1. The number of nitrogens with zero attached hydrogens (tertiary/aromatic N) is 4. The predicted molar refractivity (Wildman–Crippen MR) is 102 cm³/mol. The molecule has 0 bridgehead atoms. The molecule has 1 saturated carbocycles. The number of likely N-dealkylation sites (tertiary alicyclic amines) is 1. The third-order valence-electron chi connectivity index (χ3n) is 6.32. The molecule has 2 fully saturated rings. The Balaban J connectivity index is 1.55. The number of piperidine rings is 1. The average molecular weight is 358 g/mol. The molecule has 1 saturated heterocycles. The van der Waals surface area contributed by atoms with Crippen LogP contribution in [0.15, 0.2) is 0 Å². The summed E-state index contributed by atoms with van der Waals surface area (Å²) in [7, 11) is 4.10. The third kappa shape index (κ3) is 3.43. The highest BCUT2D eigenvalue weighted by Gasteiger charge is 2.32. The summed E-state index contributed by atoms with van der Waals surface area (Å²) in [4.78, 5) is 27.1. The zero-order valence-corrected chi connectivity index (χ0v) is 16.1. The fourth-order valence-corrected chi connectivity index (χ4v) is 4.82. The van der Waals surface area contributed by atoms with Crippen molar-refractivity contribution in [1.82, 2.24) is 19.8 Å². The van der Waals surface area contributed by atoms with Crippen LogP contribution in [0.3, 0.4) is 0 Å². The molecule has 6 nitrogen and oxygen atoms in total. The summed E-state index contributed by atoms with van der Waals surface area (Å²) in [5, 5.41) is 3.27. The summed E-state index contributed by atoms with van der Waals surface area (Å²) < 4.78 is 0. The Morgan fingerprint density at radius 2 is 1.92 bits per heavy atom. The molecular formula is C20H31N5O. The van der Waals surface area contributed by atoms with Crippen LogP contribution < -0.4 is 5.32 Å². The lowest BCUT2D eigenvalue weighted by Crippen LogP contribution is -2.40. The van der Waals surface area contributed by atoms with Gasteiger partial charge in [0.15, 0.2) is 0 Å². The first-order valence-corrected chi connectivity index (χ1v) is 10.2. The summed E-state index contributed by atoms with van der Waals surface area (Å²) >= 11 is 0. The van der Waals surface area contributed by atoms with E-state index in [1.165, 1.54) is 32.2 Å². The number of fused-ring (bicyclic) bond motifs is 1. The van der Waals surface area contributed by atoms with Gasteiger partial charge in [-0.15, -0.1) is 0 Å². The smallest absolute Gasteiger partial charge is 0.225 e. The largest absolute Gasteiger partial charge is 0.373 e. The molecule has 0 aromatic carbocycles. The lowest BCUT2D eigenvalue weighted by molar-refractivity contribution is -0.136. The molecule has 1 aliphatic carbocycles. The van der Waals surface area contributed by atoms with E-state index >= 15 is 0 Å². The highest BCUT2D eigenvalue weighted by molar-refractivity contribution is 5.79. The molecule has 3 heterocycles. The molecule has 26 heavy (non-hydrogen) atoms. The quantitative estimate of drug-likeness (QED) is 0.900. The maximum Gasteiger partial charge on any atom is 0.225 e. The molecule has 1 atom stereocenters. The Kier molecular flexibility index (Phi) is 5.11. The Bertz CT molecular complexity index is 653. The lowest BCUT2D eigenvalue weighted by Gasteiger charge is -2.33. The predicted octanol–water partition coefficient (Wildman–Crippen LogP) is 2.40. The number of nitrogens with one attached hydrogen (secondary N) is 1. The second-order valence-electron chi connectivity index (χ2n) is 8.20. The number of aromatic nitrogens is 2. The van der Waals surface area contributed by atoms with E-state index in [1.54, 1.807) is 0 Å². The Morgan fingerprint density at radius 3 is 2.65 bits per heavy atom. The Morgan fingerprint density at radius 1 is 1.12 bits per heavy atom. The van der Waals surface area contributed by atoms with E-state index in [9.17, 15) is 4.79 Å². The Hall–Kier alpha value is -1.69. The van der Waals surface area contributed by atoms with Crippen molar-refractivity contribution in [2.45, 2.75) is 57.4 Å². The van der Waals surface area contributed by atoms with Crippen LogP contribution in [0, 0.1) is 5.92 Å². The molecule has 0 spiro atoms. The van der Waals surface area contributed by atoms with E-state index < -0.39 is 0 Å². The first-order valence-electron chi connectivity index (χ1n) is 10.2. The maximum absolute atomic E-state index is 12.8. The van der Waals surface area contributed by atoms with Gasteiger partial charge >= 0.3 is 0 Å². The van der Waals surface area contributed by atoms with Crippen molar-refractivity contribution < 1.29 is 4.79 Å². The minimum absolute atomic E-state index is 0.243. The number of hydrogen-bond acceptors (Lipinski definition) is 5. The van der Waals surface area contributed by atoms with Crippen LogP contribution in [-0.2, 0) is 17.8 Å². The topological polar surface area (TPSA) is 61.4 Å². The highest BCUT2D eigenvalue weighted by atomic mass is 16.2. The third-order valence-corrected chi connectivity index (χ3v) is 6.32. The lowest BCUT2D eigenvalue weighted by atomic mass is 9.96. The first-order chi connectivity index (χ1) is 12.7. The van der Waals surface area contributed by atoms with E-state index in [2.05, 4.69) is 17.3 Å². The van der Waals surface area contributed by atoms with Crippen LogP contribution in [0.1, 0.15) is 61.5 Å². The van der Waals surface area contributed by atoms with Crippen molar-refractivity contribution in [3.05, 3.63) is 17.1 Å². The molecule has 2 aliphatic heterocycles. The van der Waals surface area contributed by atoms with Gasteiger partial charge in [-0.25, -0.2) is 9.97 Å². The standard InChI is InChI=1S/C20H31N5O/c1-21-19-16-13-25(20(26)14-6-3-4-7-14)11-9-17(16)22-18(23-19)15-8-5-10-24(2)12-15/h14-15H,3-13H2,1-2H3,(H,21,22,23). The first kappa shape index (κ1) is 17.7. The zero-order valence-electron chi connectivity index (χ0n) is 16.1. The van der Waals surface area contributed by atoms with Crippen LogP contribution >= 0.6 is 0 Å². The van der Waals surface area contributed by atoms with Gasteiger partial charge in [-0.1, -0.05) is 12.8 Å².